The monoisotopic (exact) mass is 445 g/mol. The van der Waals surface area contributed by atoms with Gasteiger partial charge in [0.1, 0.15) is 5.82 Å². The second kappa shape index (κ2) is 8.56. The minimum Gasteiger partial charge on any atom is -0.347 e. The summed E-state index contributed by atoms with van der Waals surface area (Å²) in [6.45, 7) is 0.116. The highest BCUT2D eigenvalue weighted by Crippen LogP contribution is 2.23. The summed E-state index contributed by atoms with van der Waals surface area (Å²) >= 11 is 1.31. The first-order chi connectivity index (χ1) is 14.9. The van der Waals surface area contributed by atoms with Gasteiger partial charge in [-0.15, -0.1) is 16.4 Å². The van der Waals surface area contributed by atoms with Gasteiger partial charge in [0.15, 0.2) is 17.5 Å². The van der Waals surface area contributed by atoms with Crippen LogP contribution in [0.1, 0.15) is 5.69 Å². The summed E-state index contributed by atoms with van der Waals surface area (Å²) in [6, 6.07) is 8.94. The molecule has 0 bridgehead atoms. The van der Waals surface area contributed by atoms with Crippen molar-refractivity contribution in [3.63, 3.8) is 0 Å². The Kier molecular flexibility index (Phi) is 5.67. The van der Waals surface area contributed by atoms with Gasteiger partial charge in [-0.05, 0) is 24.3 Å². The van der Waals surface area contributed by atoms with Crippen LogP contribution in [0, 0.1) is 17.5 Å². The van der Waals surface area contributed by atoms with Crippen LogP contribution < -0.4 is 10.6 Å². The van der Waals surface area contributed by atoms with Crippen LogP contribution in [-0.2, 0) is 16.0 Å². The van der Waals surface area contributed by atoms with Gasteiger partial charge in [0.2, 0.25) is 4.96 Å². The van der Waals surface area contributed by atoms with Gasteiger partial charge in [-0.2, -0.15) is 4.98 Å². The average Bonchev–Trinajstić information content (AvgIpc) is 3.32. The highest BCUT2D eigenvalue weighted by molar-refractivity contribution is 7.15. The van der Waals surface area contributed by atoms with E-state index >= 15 is 0 Å². The molecule has 0 atom stereocenters. The van der Waals surface area contributed by atoms with Crippen LogP contribution >= 0.6 is 11.3 Å². The molecule has 158 valence electrons. The molecular weight excluding hydrogens is 431 g/mol. The molecule has 4 aromatic rings. The lowest BCUT2D eigenvalue weighted by atomic mass is 10.2. The van der Waals surface area contributed by atoms with E-state index in [2.05, 4.69) is 20.7 Å². The number of rotatable bonds is 5. The minimum atomic E-state index is -1.14. The second-order valence-corrected chi connectivity index (χ2v) is 7.26. The predicted molar refractivity (Wildman–Crippen MR) is 108 cm³/mol. The number of nitrogens with zero attached hydrogens (tertiary/aromatic N) is 3. The molecule has 0 saturated carbocycles. The average molecular weight is 445 g/mol. The van der Waals surface area contributed by atoms with Crippen LogP contribution in [0.15, 0.2) is 47.8 Å². The minimum absolute atomic E-state index is 0.0399. The normalized spacial score (nSPS) is 10.9. The van der Waals surface area contributed by atoms with Crippen molar-refractivity contribution < 1.29 is 22.8 Å². The lowest BCUT2D eigenvalue weighted by Crippen LogP contribution is -2.36. The van der Waals surface area contributed by atoms with E-state index in [0.29, 0.717) is 11.4 Å². The fourth-order valence-electron chi connectivity index (χ4n) is 2.80. The third kappa shape index (κ3) is 4.40. The van der Waals surface area contributed by atoms with Crippen LogP contribution in [-0.4, -0.2) is 33.0 Å². The summed E-state index contributed by atoms with van der Waals surface area (Å²) in [6.07, 6.45) is 0.338. The Balaban J connectivity index is 1.37. The molecule has 2 aromatic heterocycles. The topological polar surface area (TPSA) is 88.4 Å². The van der Waals surface area contributed by atoms with E-state index in [1.807, 2.05) is 0 Å². The van der Waals surface area contributed by atoms with E-state index in [4.69, 9.17) is 0 Å². The van der Waals surface area contributed by atoms with Crippen molar-refractivity contribution in [2.45, 2.75) is 6.42 Å². The molecule has 0 radical (unpaired) electrons. The Morgan fingerprint density at radius 2 is 1.81 bits per heavy atom. The highest BCUT2D eigenvalue weighted by atomic mass is 32.1. The van der Waals surface area contributed by atoms with Crippen LogP contribution in [0.4, 0.5) is 18.9 Å². The molecular formula is C20H14F3N5O2S. The summed E-state index contributed by atoms with van der Waals surface area (Å²) in [5, 5.41) is 10.8. The molecule has 2 N–H and O–H groups in total. The molecule has 4 rings (SSSR count). The first-order valence-corrected chi connectivity index (χ1v) is 9.92. The Morgan fingerprint density at radius 1 is 1.00 bits per heavy atom. The molecule has 0 saturated heterocycles. The van der Waals surface area contributed by atoms with Gasteiger partial charge in [0.05, 0.1) is 11.3 Å². The number of hydrogen-bond donors (Lipinski definition) is 2. The fourth-order valence-corrected chi connectivity index (χ4v) is 3.66. The maximum Gasteiger partial charge on any atom is 0.313 e. The smallest absolute Gasteiger partial charge is 0.313 e. The molecule has 2 amide bonds. The number of carbonyl (C=O) groups excluding carboxylic acids is 2. The number of fused-ring (bicyclic) bond motifs is 1. The van der Waals surface area contributed by atoms with E-state index < -0.39 is 29.3 Å². The number of thiazole rings is 1. The van der Waals surface area contributed by atoms with Gasteiger partial charge in [-0.3, -0.25) is 9.59 Å². The second-order valence-electron chi connectivity index (χ2n) is 6.43. The lowest BCUT2D eigenvalue weighted by molar-refractivity contribution is -0.136. The quantitative estimate of drug-likeness (QED) is 0.462. The molecule has 0 aliphatic carbocycles. The Morgan fingerprint density at radius 3 is 2.58 bits per heavy atom. The van der Waals surface area contributed by atoms with Gasteiger partial charge in [0.25, 0.3) is 0 Å². The van der Waals surface area contributed by atoms with Gasteiger partial charge in [-0.25, -0.2) is 17.7 Å². The number of aromatic nitrogens is 3. The van der Waals surface area contributed by atoms with Crippen molar-refractivity contribution in [1.82, 2.24) is 19.9 Å². The third-order valence-corrected chi connectivity index (χ3v) is 5.18. The molecule has 0 fully saturated rings. The molecule has 31 heavy (non-hydrogen) atoms. The van der Waals surface area contributed by atoms with Crippen LogP contribution in [0.2, 0.25) is 0 Å². The standard InChI is InChI=1S/C20H14F3N5O2S/c21-14-4-2-1-3-13(14)17-26-20-28(27-17)12(10-31-20)7-8-24-18(29)19(30)25-11-5-6-15(22)16(23)9-11/h1-6,9-10H,7-8H2,(H,24,29)(H,25,30). The number of hydrogen-bond acceptors (Lipinski definition) is 5. The van der Waals surface area contributed by atoms with E-state index in [0.717, 1.165) is 23.9 Å². The Hall–Kier alpha value is -3.73. The molecule has 7 nitrogen and oxygen atoms in total. The third-order valence-electron chi connectivity index (χ3n) is 4.32. The van der Waals surface area contributed by atoms with Crippen molar-refractivity contribution in [2.24, 2.45) is 0 Å². The van der Waals surface area contributed by atoms with E-state index in [-0.39, 0.29) is 23.6 Å². The summed E-state index contributed by atoms with van der Waals surface area (Å²) in [5.41, 5.74) is 0.963. The zero-order valence-electron chi connectivity index (χ0n) is 15.7. The Bertz CT molecular complexity index is 1290. The summed E-state index contributed by atoms with van der Waals surface area (Å²) in [4.78, 5) is 28.7. The molecule has 11 heteroatoms. The highest BCUT2D eigenvalue weighted by Gasteiger charge is 2.16. The first kappa shape index (κ1) is 20.5. The van der Waals surface area contributed by atoms with Crippen molar-refractivity contribution in [1.29, 1.82) is 0 Å². The van der Waals surface area contributed by atoms with E-state index in [1.165, 1.54) is 17.4 Å². The maximum absolute atomic E-state index is 14.0. The molecule has 0 aliphatic heterocycles. The fraction of sp³-hybridized carbons (Fsp3) is 0.100. The van der Waals surface area contributed by atoms with Crippen molar-refractivity contribution in [2.75, 3.05) is 11.9 Å². The number of halogens is 3. The predicted octanol–water partition coefficient (Wildman–Crippen LogP) is 3.17. The summed E-state index contributed by atoms with van der Waals surface area (Å²) < 4.78 is 41.6. The molecule has 0 aliphatic rings. The molecule has 0 unspecified atom stereocenters. The lowest BCUT2D eigenvalue weighted by Gasteiger charge is -2.06. The number of anilines is 1. The van der Waals surface area contributed by atoms with E-state index in [1.54, 1.807) is 28.1 Å². The molecule has 2 aromatic carbocycles. The summed E-state index contributed by atoms with van der Waals surface area (Å²) in [5.74, 6) is -4.31. The number of nitrogens with one attached hydrogen (secondary N) is 2. The summed E-state index contributed by atoms with van der Waals surface area (Å²) in [7, 11) is 0. The number of amides is 2. The van der Waals surface area contributed by atoms with E-state index in [9.17, 15) is 22.8 Å². The SMILES string of the molecule is O=C(NCCc1csc2nc(-c3ccccc3F)nn12)C(=O)Nc1ccc(F)c(F)c1. The molecule has 0 spiro atoms. The van der Waals surface area contributed by atoms with Gasteiger partial charge >= 0.3 is 11.8 Å². The van der Waals surface area contributed by atoms with Crippen LogP contribution in [0.25, 0.3) is 16.3 Å². The van der Waals surface area contributed by atoms with Crippen molar-refractivity contribution in [3.8, 4) is 11.4 Å². The van der Waals surface area contributed by atoms with Gasteiger partial charge < -0.3 is 10.6 Å². The van der Waals surface area contributed by atoms with Crippen molar-refractivity contribution >= 4 is 33.8 Å². The largest absolute Gasteiger partial charge is 0.347 e. The van der Waals surface area contributed by atoms with Gasteiger partial charge in [0, 0.05) is 30.1 Å². The Labute approximate surface area is 177 Å². The first-order valence-electron chi connectivity index (χ1n) is 9.04. The van der Waals surface area contributed by atoms with Crippen molar-refractivity contribution in [3.05, 3.63) is 71.0 Å². The number of carbonyl (C=O) groups is 2. The van der Waals surface area contributed by atoms with Crippen LogP contribution in [0.3, 0.4) is 0 Å². The van der Waals surface area contributed by atoms with Gasteiger partial charge in [-0.1, -0.05) is 12.1 Å². The number of benzene rings is 2. The maximum atomic E-state index is 14.0. The zero-order chi connectivity index (χ0) is 22.0. The molecule has 2 heterocycles. The zero-order valence-corrected chi connectivity index (χ0v) is 16.5. The van der Waals surface area contributed by atoms with Crippen LogP contribution in [0.5, 0.6) is 0 Å².